The molecular weight excluding hydrogens is 189 g/mol. The lowest BCUT2D eigenvalue weighted by Gasteiger charge is -2.03. The van der Waals surface area contributed by atoms with Gasteiger partial charge in [0.05, 0.1) is 0 Å². The molecule has 1 aliphatic rings. The molecule has 0 spiro atoms. The lowest BCUT2D eigenvalue weighted by atomic mass is 10.1. The van der Waals surface area contributed by atoms with Crippen molar-refractivity contribution in [2.24, 2.45) is 0 Å². The summed E-state index contributed by atoms with van der Waals surface area (Å²) in [5.74, 6) is -0.180. The largest absolute Gasteiger partial charge is 0.310 e. The Bertz CT molecular complexity index is 349. The summed E-state index contributed by atoms with van der Waals surface area (Å²) in [7, 11) is 0. The first-order valence-electron chi connectivity index (χ1n) is 5.40. The maximum atomic E-state index is 12.7. The molecule has 0 aliphatic heterocycles. The van der Waals surface area contributed by atoms with E-state index in [1.54, 1.807) is 12.1 Å². The van der Waals surface area contributed by atoms with Crippen LogP contribution in [-0.4, -0.2) is 12.6 Å². The van der Waals surface area contributed by atoms with Crippen LogP contribution in [-0.2, 0) is 0 Å². The van der Waals surface area contributed by atoms with E-state index in [0.29, 0.717) is 0 Å². The molecule has 80 valence electrons. The van der Waals surface area contributed by atoms with Gasteiger partial charge in [-0.05, 0) is 37.5 Å². The molecule has 0 aromatic heterocycles. The molecule has 0 bridgehead atoms. The average Bonchev–Trinajstić information content (AvgIpc) is 3.02. The highest BCUT2D eigenvalue weighted by atomic mass is 19.1. The molecule has 1 nitrogen and oxygen atoms in total. The number of benzene rings is 1. The predicted molar refractivity (Wildman–Crippen MR) is 61.1 cm³/mol. The van der Waals surface area contributed by atoms with Gasteiger partial charge in [0, 0.05) is 12.6 Å². The first-order valence-corrected chi connectivity index (χ1v) is 5.40. The summed E-state index contributed by atoms with van der Waals surface area (Å²) in [5, 5.41) is 3.45. The summed E-state index contributed by atoms with van der Waals surface area (Å²) in [6.45, 7) is 3.03. The van der Waals surface area contributed by atoms with E-state index >= 15 is 0 Å². The van der Waals surface area contributed by atoms with Crippen molar-refractivity contribution in [3.05, 3.63) is 41.2 Å². The molecule has 1 fully saturated rings. The fourth-order valence-corrected chi connectivity index (χ4v) is 1.49. The Morgan fingerprint density at radius 3 is 2.67 bits per heavy atom. The SMILES string of the molecule is CC(=Cc1ccc(F)cc1)CNC1CC1. The highest BCUT2D eigenvalue weighted by Crippen LogP contribution is 2.19. The number of hydrogen-bond donors (Lipinski definition) is 1. The maximum Gasteiger partial charge on any atom is 0.123 e. The molecule has 0 saturated heterocycles. The predicted octanol–water partition coefficient (Wildman–Crippen LogP) is 2.98. The third-order valence-electron chi connectivity index (χ3n) is 2.53. The zero-order valence-electron chi connectivity index (χ0n) is 8.96. The molecule has 1 saturated carbocycles. The lowest BCUT2D eigenvalue weighted by Crippen LogP contribution is -2.18. The van der Waals surface area contributed by atoms with Crippen molar-refractivity contribution in [1.29, 1.82) is 0 Å². The molecule has 1 aromatic rings. The van der Waals surface area contributed by atoms with Crippen molar-refractivity contribution in [1.82, 2.24) is 5.32 Å². The molecule has 15 heavy (non-hydrogen) atoms. The van der Waals surface area contributed by atoms with E-state index in [1.165, 1.54) is 30.5 Å². The van der Waals surface area contributed by atoms with Crippen LogP contribution in [0.25, 0.3) is 6.08 Å². The van der Waals surface area contributed by atoms with Crippen LogP contribution >= 0.6 is 0 Å². The van der Waals surface area contributed by atoms with Gasteiger partial charge in [-0.1, -0.05) is 23.8 Å². The van der Waals surface area contributed by atoms with Crippen LogP contribution in [0.2, 0.25) is 0 Å². The second-order valence-corrected chi connectivity index (χ2v) is 4.20. The fourth-order valence-electron chi connectivity index (χ4n) is 1.49. The molecule has 1 aliphatic carbocycles. The summed E-state index contributed by atoms with van der Waals surface area (Å²) >= 11 is 0. The van der Waals surface area contributed by atoms with E-state index in [1.807, 2.05) is 0 Å². The molecular formula is C13H16FN. The van der Waals surface area contributed by atoms with E-state index < -0.39 is 0 Å². The molecule has 2 heteroatoms. The van der Waals surface area contributed by atoms with Crippen molar-refractivity contribution in [2.75, 3.05) is 6.54 Å². The van der Waals surface area contributed by atoms with Gasteiger partial charge in [0.2, 0.25) is 0 Å². The zero-order chi connectivity index (χ0) is 10.7. The Hall–Kier alpha value is -1.15. The Labute approximate surface area is 90.0 Å². The van der Waals surface area contributed by atoms with Crippen LogP contribution < -0.4 is 5.32 Å². The van der Waals surface area contributed by atoms with Crippen molar-refractivity contribution in [3.63, 3.8) is 0 Å². The first kappa shape index (κ1) is 10.4. The summed E-state index contributed by atoms with van der Waals surface area (Å²) in [6, 6.07) is 7.33. The topological polar surface area (TPSA) is 12.0 Å². The van der Waals surface area contributed by atoms with E-state index in [2.05, 4.69) is 18.3 Å². The van der Waals surface area contributed by atoms with Gasteiger partial charge in [-0.25, -0.2) is 4.39 Å². The number of rotatable bonds is 4. The normalized spacial score (nSPS) is 16.8. The van der Waals surface area contributed by atoms with Gasteiger partial charge in [-0.2, -0.15) is 0 Å². The average molecular weight is 205 g/mol. The van der Waals surface area contributed by atoms with Crippen LogP contribution in [0.4, 0.5) is 4.39 Å². The Kier molecular flexibility index (Phi) is 3.17. The third kappa shape index (κ3) is 3.48. The molecule has 2 rings (SSSR count). The van der Waals surface area contributed by atoms with Gasteiger partial charge in [-0.3, -0.25) is 0 Å². The van der Waals surface area contributed by atoms with Crippen LogP contribution in [0, 0.1) is 5.82 Å². The van der Waals surface area contributed by atoms with Crippen LogP contribution in [0.1, 0.15) is 25.3 Å². The molecule has 0 unspecified atom stereocenters. The van der Waals surface area contributed by atoms with E-state index in [-0.39, 0.29) is 5.82 Å². The molecule has 1 N–H and O–H groups in total. The third-order valence-corrected chi connectivity index (χ3v) is 2.53. The van der Waals surface area contributed by atoms with Crippen LogP contribution in [0.5, 0.6) is 0 Å². The number of hydrogen-bond acceptors (Lipinski definition) is 1. The van der Waals surface area contributed by atoms with E-state index in [4.69, 9.17) is 0 Å². The quantitative estimate of drug-likeness (QED) is 0.796. The smallest absolute Gasteiger partial charge is 0.123 e. The molecule has 0 amide bonds. The Morgan fingerprint density at radius 2 is 2.07 bits per heavy atom. The van der Waals surface area contributed by atoms with Crippen molar-refractivity contribution >= 4 is 6.08 Å². The minimum atomic E-state index is -0.180. The monoisotopic (exact) mass is 205 g/mol. The first-order chi connectivity index (χ1) is 7.24. The second kappa shape index (κ2) is 4.58. The lowest BCUT2D eigenvalue weighted by molar-refractivity contribution is 0.627. The number of halogens is 1. The van der Waals surface area contributed by atoms with Gasteiger partial charge in [0.25, 0.3) is 0 Å². The summed E-state index contributed by atoms with van der Waals surface area (Å²) in [4.78, 5) is 0. The highest BCUT2D eigenvalue weighted by molar-refractivity contribution is 5.52. The summed E-state index contributed by atoms with van der Waals surface area (Å²) in [5.41, 5.74) is 2.35. The van der Waals surface area contributed by atoms with Crippen molar-refractivity contribution in [2.45, 2.75) is 25.8 Å². The minimum absolute atomic E-state index is 0.180. The van der Waals surface area contributed by atoms with Gasteiger partial charge in [0.15, 0.2) is 0 Å². The zero-order valence-corrected chi connectivity index (χ0v) is 8.96. The van der Waals surface area contributed by atoms with Gasteiger partial charge < -0.3 is 5.32 Å². The highest BCUT2D eigenvalue weighted by Gasteiger charge is 2.19. The molecule has 1 aromatic carbocycles. The Balaban J connectivity index is 1.91. The van der Waals surface area contributed by atoms with E-state index in [0.717, 1.165) is 18.2 Å². The summed E-state index contributed by atoms with van der Waals surface area (Å²) < 4.78 is 12.7. The van der Waals surface area contributed by atoms with Crippen LogP contribution in [0.3, 0.4) is 0 Å². The standard InChI is InChI=1S/C13H16FN/c1-10(9-15-13-6-7-13)8-11-2-4-12(14)5-3-11/h2-5,8,13,15H,6-7,9H2,1H3. The Morgan fingerprint density at radius 1 is 1.40 bits per heavy atom. The minimum Gasteiger partial charge on any atom is -0.310 e. The molecule has 0 radical (unpaired) electrons. The van der Waals surface area contributed by atoms with Gasteiger partial charge in [0.1, 0.15) is 5.82 Å². The fraction of sp³-hybridized carbons (Fsp3) is 0.385. The second-order valence-electron chi connectivity index (χ2n) is 4.20. The van der Waals surface area contributed by atoms with Gasteiger partial charge in [-0.15, -0.1) is 0 Å². The number of nitrogens with one attached hydrogen (secondary N) is 1. The van der Waals surface area contributed by atoms with Crippen LogP contribution in [0.15, 0.2) is 29.8 Å². The molecule has 0 heterocycles. The summed E-state index contributed by atoms with van der Waals surface area (Å²) in [6.07, 6.45) is 4.71. The maximum absolute atomic E-state index is 12.7. The van der Waals surface area contributed by atoms with Crippen molar-refractivity contribution in [3.8, 4) is 0 Å². The molecule has 0 atom stereocenters. The van der Waals surface area contributed by atoms with Gasteiger partial charge >= 0.3 is 0 Å². The van der Waals surface area contributed by atoms with Crippen molar-refractivity contribution < 1.29 is 4.39 Å². The van der Waals surface area contributed by atoms with E-state index in [9.17, 15) is 4.39 Å².